The Kier molecular flexibility index (Phi) is 7.14. The van der Waals surface area contributed by atoms with Crippen LogP contribution in [0, 0.1) is 5.82 Å². The van der Waals surface area contributed by atoms with Gasteiger partial charge in [-0.2, -0.15) is 0 Å². The zero-order valence-corrected chi connectivity index (χ0v) is 18.7. The first-order valence-corrected chi connectivity index (χ1v) is 11.2. The second-order valence-corrected chi connectivity index (χ2v) is 8.03. The Morgan fingerprint density at radius 1 is 0.941 bits per heavy atom. The summed E-state index contributed by atoms with van der Waals surface area (Å²) >= 11 is 1.16. The van der Waals surface area contributed by atoms with Gasteiger partial charge >= 0.3 is 0 Å². The van der Waals surface area contributed by atoms with Crippen LogP contribution in [0.15, 0.2) is 90.6 Å². The number of anilines is 4. The van der Waals surface area contributed by atoms with Crippen molar-refractivity contribution in [1.29, 1.82) is 0 Å². The molecule has 0 aliphatic rings. The summed E-state index contributed by atoms with van der Waals surface area (Å²) in [6.07, 6.45) is 1.17. The Balaban J connectivity index is 1.48. The first kappa shape index (κ1) is 22.9. The van der Waals surface area contributed by atoms with Gasteiger partial charge in [-0.1, -0.05) is 48.7 Å². The molecule has 4 rings (SSSR count). The predicted octanol–water partition coefficient (Wildman–Crippen LogP) is 5.37. The third kappa shape index (κ3) is 5.76. The van der Waals surface area contributed by atoms with Gasteiger partial charge in [0.15, 0.2) is 5.16 Å². The molecular weight excluding hydrogens is 453 g/mol. The maximum Gasteiger partial charge on any atom is 0.247 e. The van der Waals surface area contributed by atoms with Gasteiger partial charge in [-0.15, -0.1) is 0 Å². The van der Waals surface area contributed by atoms with Crippen LogP contribution < -0.4 is 16.0 Å². The lowest BCUT2D eigenvalue weighted by atomic mass is 10.2. The molecule has 1 aromatic heterocycles. The molecule has 0 radical (unpaired) electrons. The molecule has 0 saturated carbocycles. The number of carbonyl (C=O) groups is 2. The number of amides is 2. The van der Waals surface area contributed by atoms with Gasteiger partial charge in [0.2, 0.25) is 11.8 Å². The number of thioether (sulfide) groups is 1. The van der Waals surface area contributed by atoms with Gasteiger partial charge in [-0.25, -0.2) is 14.4 Å². The fraction of sp³-hybridized carbons (Fsp3) is 0.0400. The molecule has 2 amide bonds. The molecule has 1 heterocycles. The van der Waals surface area contributed by atoms with E-state index in [2.05, 4.69) is 32.5 Å². The van der Waals surface area contributed by atoms with Crippen molar-refractivity contribution in [3.05, 3.63) is 91.3 Å². The van der Waals surface area contributed by atoms with Gasteiger partial charge in [0, 0.05) is 16.8 Å². The number of hydrogen-bond donors (Lipinski definition) is 3. The summed E-state index contributed by atoms with van der Waals surface area (Å²) in [5.74, 6) is -0.500. The Labute approximate surface area is 199 Å². The number of halogens is 1. The van der Waals surface area contributed by atoms with E-state index in [0.29, 0.717) is 33.6 Å². The summed E-state index contributed by atoms with van der Waals surface area (Å²) in [6.45, 7) is 3.41. The lowest BCUT2D eigenvalue weighted by molar-refractivity contribution is -0.114. The van der Waals surface area contributed by atoms with E-state index in [4.69, 9.17) is 0 Å². The van der Waals surface area contributed by atoms with E-state index in [1.165, 1.54) is 12.1 Å². The van der Waals surface area contributed by atoms with Crippen molar-refractivity contribution in [2.24, 2.45) is 0 Å². The van der Waals surface area contributed by atoms with Crippen molar-refractivity contribution in [3.63, 3.8) is 0 Å². The Morgan fingerprint density at radius 3 is 2.47 bits per heavy atom. The quantitative estimate of drug-likeness (QED) is 0.181. The van der Waals surface area contributed by atoms with Gasteiger partial charge in [0.25, 0.3) is 0 Å². The van der Waals surface area contributed by atoms with Gasteiger partial charge in [-0.05, 0) is 48.5 Å². The monoisotopic (exact) mass is 473 g/mol. The summed E-state index contributed by atoms with van der Waals surface area (Å²) in [4.78, 5) is 33.0. The molecule has 170 valence electrons. The number of carbonyl (C=O) groups excluding carboxylic acids is 2. The minimum Gasteiger partial charge on any atom is -0.337 e. The summed E-state index contributed by atoms with van der Waals surface area (Å²) in [5.41, 5.74) is 2.04. The van der Waals surface area contributed by atoms with E-state index in [9.17, 15) is 14.0 Å². The molecule has 0 spiro atoms. The molecule has 0 saturated heterocycles. The van der Waals surface area contributed by atoms with Crippen molar-refractivity contribution in [3.8, 4) is 0 Å². The highest BCUT2D eigenvalue weighted by atomic mass is 32.2. The van der Waals surface area contributed by atoms with Crippen LogP contribution in [-0.4, -0.2) is 27.5 Å². The fourth-order valence-electron chi connectivity index (χ4n) is 3.10. The average Bonchev–Trinajstić information content (AvgIpc) is 2.84. The first-order chi connectivity index (χ1) is 16.5. The normalized spacial score (nSPS) is 10.5. The van der Waals surface area contributed by atoms with Crippen LogP contribution >= 0.6 is 11.8 Å². The number of rotatable bonds is 8. The average molecular weight is 474 g/mol. The number of benzene rings is 3. The number of aromatic nitrogens is 2. The van der Waals surface area contributed by atoms with E-state index >= 15 is 0 Å². The van der Waals surface area contributed by atoms with E-state index in [0.717, 1.165) is 17.1 Å². The van der Waals surface area contributed by atoms with Crippen molar-refractivity contribution in [2.75, 3.05) is 21.7 Å². The molecule has 3 aromatic carbocycles. The third-order valence-electron chi connectivity index (χ3n) is 4.64. The number of fused-ring (bicyclic) bond motifs is 1. The smallest absolute Gasteiger partial charge is 0.247 e. The molecule has 0 atom stereocenters. The molecule has 7 nitrogen and oxygen atoms in total. The topological polar surface area (TPSA) is 96.0 Å². The van der Waals surface area contributed by atoms with E-state index in [1.807, 2.05) is 24.3 Å². The SMILES string of the molecule is C=CC(=O)Nc1cccc(NC(=O)CSc2nc(Nc3ccccc3F)c3ccccc3n2)c1. The highest BCUT2D eigenvalue weighted by Crippen LogP contribution is 2.28. The molecule has 0 fully saturated rings. The molecule has 9 heteroatoms. The predicted molar refractivity (Wildman–Crippen MR) is 134 cm³/mol. The van der Waals surface area contributed by atoms with Crippen LogP contribution in [0.1, 0.15) is 0 Å². The zero-order valence-electron chi connectivity index (χ0n) is 17.9. The molecule has 34 heavy (non-hydrogen) atoms. The molecule has 0 aliphatic carbocycles. The van der Waals surface area contributed by atoms with Crippen LogP contribution in [0.2, 0.25) is 0 Å². The van der Waals surface area contributed by atoms with Gasteiger partial charge in [0.1, 0.15) is 11.6 Å². The van der Waals surface area contributed by atoms with Crippen LogP contribution in [0.3, 0.4) is 0 Å². The summed E-state index contributed by atoms with van der Waals surface area (Å²) in [7, 11) is 0. The maximum absolute atomic E-state index is 14.2. The molecule has 0 bridgehead atoms. The summed E-state index contributed by atoms with van der Waals surface area (Å²) in [6, 6.07) is 20.5. The molecule has 3 N–H and O–H groups in total. The number of hydrogen-bond acceptors (Lipinski definition) is 6. The highest BCUT2D eigenvalue weighted by Gasteiger charge is 2.12. The van der Waals surface area contributed by atoms with Gasteiger partial charge in [0.05, 0.1) is 17.0 Å². The Hall–Kier alpha value is -4.24. The second-order valence-electron chi connectivity index (χ2n) is 7.09. The van der Waals surface area contributed by atoms with E-state index in [-0.39, 0.29) is 17.6 Å². The largest absolute Gasteiger partial charge is 0.337 e. The molecular formula is C25H20FN5O2S. The minimum absolute atomic E-state index is 0.0563. The first-order valence-electron chi connectivity index (χ1n) is 10.3. The van der Waals surface area contributed by atoms with Gasteiger partial charge in [-0.3, -0.25) is 9.59 Å². The van der Waals surface area contributed by atoms with Crippen LogP contribution in [-0.2, 0) is 9.59 Å². The van der Waals surface area contributed by atoms with E-state index < -0.39 is 5.82 Å². The fourth-order valence-corrected chi connectivity index (χ4v) is 3.75. The number of nitrogens with one attached hydrogen (secondary N) is 3. The molecule has 4 aromatic rings. The maximum atomic E-state index is 14.2. The Bertz CT molecular complexity index is 1380. The lowest BCUT2D eigenvalue weighted by Crippen LogP contribution is -2.15. The van der Waals surface area contributed by atoms with E-state index in [1.54, 1.807) is 42.5 Å². The van der Waals surface area contributed by atoms with Crippen molar-refractivity contribution in [2.45, 2.75) is 5.16 Å². The molecule has 0 aliphatic heterocycles. The van der Waals surface area contributed by atoms with Crippen molar-refractivity contribution in [1.82, 2.24) is 9.97 Å². The van der Waals surface area contributed by atoms with Gasteiger partial charge < -0.3 is 16.0 Å². The highest BCUT2D eigenvalue weighted by molar-refractivity contribution is 7.99. The third-order valence-corrected chi connectivity index (χ3v) is 5.49. The van der Waals surface area contributed by atoms with Crippen LogP contribution in [0.5, 0.6) is 0 Å². The van der Waals surface area contributed by atoms with Crippen LogP contribution in [0.25, 0.3) is 10.9 Å². The summed E-state index contributed by atoms with van der Waals surface area (Å²) < 4.78 is 14.2. The van der Waals surface area contributed by atoms with Crippen LogP contribution in [0.4, 0.5) is 27.3 Å². The second kappa shape index (κ2) is 10.6. The zero-order chi connectivity index (χ0) is 23.9. The number of nitrogens with zero attached hydrogens (tertiary/aromatic N) is 2. The van der Waals surface area contributed by atoms with Crippen molar-refractivity contribution >= 4 is 57.4 Å². The molecule has 0 unspecified atom stereocenters. The Morgan fingerprint density at radius 2 is 1.68 bits per heavy atom. The van der Waals surface area contributed by atoms with Crippen molar-refractivity contribution < 1.29 is 14.0 Å². The number of para-hydroxylation sites is 2. The minimum atomic E-state index is -0.398. The standard InChI is InChI=1S/C25H20FN5O2S/c1-2-22(32)27-16-8-7-9-17(14-16)28-23(33)15-34-25-30-20-12-5-3-10-18(20)24(31-25)29-21-13-6-4-11-19(21)26/h2-14H,1,15H2,(H,27,32)(H,28,33)(H,29,30,31). The lowest BCUT2D eigenvalue weighted by Gasteiger charge is -2.11. The summed E-state index contributed by atoms with van der Waals surface area (Å²) in [5, 5.41) is 9.57.